The molecule has 2 atom stereocenters. The van der Waals surface area contributed by atoms with Crippen LogP contribution in [-0.4, -0.2) is 16.5 Å². The predicted octanol–water partition coefficient (Wildman–Crippen LogP) is 1.52. The van der Waals surface area contributed by atoms with Crippen molar-refractivity contribution in [3.8, 4) is 0 Å². The molecular weight excluding hydrogens is 140 g/mol. The van der Waals surface area contributed by atoms with Crippen LogP contribution in [0, 0.1) is 5.41 Å². The molecule has 0 spiro atoms. The average molecular weight is 156 g/mol. The van der Waals surface area contributed by atoms with Crippen molar-refractivity contribution in [2.45, 2.75) is 45.6 Å². The van der Waals surface area contributed by atoms with Gasteiger partial charge in [-0.25, -0.2) is 0 Å². The topological polar surface area (TPSA) is 37.3 Å². The van der Waals surface area contributed by atoms with Gasteiger partial charge in [-0.15, -0.1) is 0 Å². The number of Topliss-reactive ketones (excluding diaryl/α,β-unsaturated/α-hetero) is 1. The first-order chi connectivity index (χ1) is 4.90. The molecule has 0 saturated heterocycles. The van der Waals surface area contributed by atoms with E-state index in [2.05, 4.69) is 0 Å². The molecule has 0 aromatic rings. The van der Waals surface area contributed by atoms with Crippen molar-refractivity contribution in [3.63, 3.8) is 0 Å². The molecule has 1 aliphatic rings. The molecule has 1 N–H and O–H groups in total. The highest BCUT2D eigenvalue weighted by atomic mass is 16.3. The summed E-state index contributed by atoms with van der Waals surface area (Å²) in [6, 6.07) is 0. The van der Waals surface area contributed by atoms with E-state index >= 15 is 0 Å². The Morgan fingerprint density at radius 3 is 2.09 bits per heavy atom. The van der Waals surface area contributed by atoms with E-state index in [0.717, 1.165) is 19.3 Å². The van der Waals surface area contributed by atoms with Crippen LogP contribution in [0.25, 0.3) is 0 Å². The molecular formula is C9H16O2. The molecule has 1 aliphatic carbocycles. The van der Waals surface area contributed by atoms with Crippen LogP contribution in [0.2, 0.25) is 0 Å². The lowest BCUT2D eigenvalue weighted by molar-refractivity contribution is -0.137. The number of aliphatic hydroxyl groups is 1. The summed E-state index contributed by atoms with van der Waals surface area (Å²) in [5.74, 6) is 0.111. The first kappa shape index (κ1) is 8.72. The highest BCUT2D eigenvalue weighted by molar-refractivity contribution is 5.83. The fraction of sp³-hybridized carbons (Fsp3) is 0.889. The predicted molar refractivity (Wildman–Crippen MR) is 43.3 cm³/mol. The molecule has 1 rings (SSSR count). The van der Waals surface area contributed by atoms with Crippen LogP contribution < -0.4 is 0 Å². The normalized spacial score (nSPS) is 44.4. The third-order valence-electron chi connectivity index (χ3n) is 3.31. The third-order valence-corrected chi connectivity index (χ3v) is 3.31. The summed E-state index contributed by atoms with van der Waals surface area (Å²) in [4.78, 5) is 11.2. The summed E-state index contributed by atoms with van der Waals surface area (Å²) in [6.07, 6.45) is 2.54. The zero-order chi connectivity index (χ0) is 8.70. The SMILES string of the molecule is CC(=O)C1(C)CCCC1(C)O. The fourth-order valence-corrected chi connectivity index (χ4v) is 1.89. The molecule has 0 heterocycles. The number of hydrogen-bond donors (Lipinski definition) is 1. The van der Waals surface area contributed by atoms with Crippen molar-refractivity contribution < 1.29 is 9.90 Å². The van der Waals surface area contributed by atoms with E-state index in [0.29, 0.717) is 0 Å². The Bertz CT molecular complexity index is 184. The maximum Gasteiger partial charge on any atom is 0.138 e. The smallest absolute Gasteiger partial charge is 0.138 e. The van der Waals surface area contributed by atoms with Crippen molar-refractivity contribution in [1.82, 2.24) is 0 Å². The van der Waals surface area contributed by atoms with Gasteiger partial charge in [-0.05, 0) is 40.0 Å². The highest BCUT2D eigenvalue weighted by Gasteiger charge is 2.50. The number of carbonyl (C=O) groups excluding carboxylic acids is 1. The van der Waals surface area contributed by atoms with Crippen LogP contribution in [0.15, 0.2) is 0 Å². The van der Waals surface area contributed by atoms with Crippen LogP contribution in [-0.2, 0) is 4.79 Å². The molecule has 2 unspecified atom stereocenters. The lowest BCUT2D eigenvalue weighted by Gasteiger charge is -2.34. The summed E-state index contributed by atoms with van der Waals surface area (Å²) >= 11 is 0. The number of carbonyl (C=O) groups is 1. The summed E-state index contributed by atoms with van der Waals surface area (Å²) in [6.45, 7) is 5.20. The molecule has 11 heavy (non-hydrogen) atoms. The fourth-order valence-electron chi connectivity index (χ4n) is 1.89. The largest absolute Gasteiger partial charge is 0.389 e. The van der Waals surface area contributed by atoms with E-state index in [9.17, 15) is 9.90 Å². The Hall–Kier alpha value is -0.370. The average Bonchev–Trinajstić information content (AvgIpc) is 2.09. The molecule has 0 aromatic heterocycles. The van der Waals surface area contributed by atoms with Crippen LogP contribution >= 0.6 is 0 Å². The summed E-state index contributed by atoms with van der Waals surface area (Å²) < 4.78 is 0. The van der Waals surface area contributed by atoms with Gasteiger partial charge in [0.25, 0.3) is 0 Å². The molecule has 0 aliphatic heterocycles. The Kier molecular flexibility index (Phi) is 1.83. The van der Waals surface area contributed by atoms with E-state index in [-0.39, 0.29) is 5.78 Å². The van der Waals surface area contributed by atoms with Gasteiger partial charge in [0.2, 0.25) is 0 Å². The van der Waals surface area contributed by atoms with Gasteiger partial charge in [-0.3, -0.25) is 4.79 Å². The van der Waals surface area contributed by atoms with E-state index < -0.39 is 11.0 Å². The zero-order valence-corrected chi connectivity index (χ0v) is 7.48. The second-order valence-corrected chi connectivity index (χ2v) is 4.02. The minimum Gasteiger partial charge on any atom is -0.389 e. The molecule has 1 saturated carbocycles. The van der Waals surface area contributed by atoms with Gasteiger partial charge >= 0.3 is 0 Å². The Labute approximate surface area is 67.6 Å². The third kappa shape index (κ3) is 1.09. The minimum atomic E-state index is -0.779. The van der Waals surface area contributed by atoms with E-state index in [1.807, 2.05) is 6.92 Å². The second-order valence-electron chi connectivity index (χ2n) is 4.02. The van der Waals surface area contributed by atoms with Crippen LogP contribution in [0.1, 0.15) is 40.0 Å². The number of rotatable bonds is 1. The molecule has 0 aromatic carbocycles. The van der Waals surface area contributed by atoms with Gasteiger partial charge in [0, 0.05) is 0 Å². The maximum atomic E-state index is 11.2. The molecule has 0 radical (unpaired) electrons. The van der Waals surface area contributed by atoms with E-state index in [1.165, 1.54) is 0 Å². The molecule has 0 amide bonds. The Morgan fingerprint density at radius 1 is 1.36 bits per heavy atom. The van der Waals surface area contributed by atoms with Gasteiger partial charge in [0.1, 0.15) is 5.78 Å². The number of ketones is 1. The van der Waals surface area contributed by atoms with Crippen molar-refractivity contribution in [2.75, 3.05) is 0 Å². The molecule has 0 bridgehead atoms. The van der Waals surface area contributed by atoms with Crippen LogP contribution in [0.3, 0.4) is 0 Å². The molecule has 2 heteroatoms. The standard InChI is InChI=1S/C9H16O2/c1-7(10)8(2)5-4-6-9(8,3)11/h11H,4-6H2,1-3H3. The number of hydrogen-bond acceptors (Lipinski definition) is 2. The Balaban J connectivity index is 2.93. The zero-order valence-electron chi connectivity index (χ0n) is 7.48. The van der Waals surface area contributed by atoms with E-state index in [4.69, 9.17) is 0 Å². The lowest BCUT2D eigenvalue weighted by Crippen LogP contribution is -2.43. The lowest BCUT2D eigenvalue weighted by atomic mass is 9.74. The van der Waals surface area contributed by atoms with Crippen LogP contribution in [0.5, 0.6) is 0 Å². The van der Waals surface area contributed by atoms with Crippen molar-refractivity contribution in [2.24, 2.45) is 5.41 Å². The van der Waals surface area contributed by atoms with Gasteiger partial charge in [0.15, 0.2) is 0 Å². The second kappa shape index (κ2) is 2.31. The molecule has 1 fully saturated rings. The summed E-state index contributed by atoms with van der Waals surface area (Å²) in [5, 5.41) is 9.86. The highest BCUT2D eigenvalue weighted by Crippen LogP contribution is 2.46. The van der Waals surface area contributed by atoms with Gasteiger partial charge in [-0.2, -0.15) is 0 Å². The first-order valence-electron chi connectivity index (χ1n) is 4.13. The summed E-state index contributed by atoms with van der Waals surface area (Å²) in [5.41, 5.74) is -1.27. The van der Waals surface area contributed by atoms with Crippen LogP contribution in [0.4, 0.5) is 0 Å². The van der Waals surface area contributed by atoms with Gasteiger partial charge in [-0.1, -0.05) is 0 Å². The monoisotopic (exact) mass is 156 g/mol. The quantitative estimate of drug-likeness (QED) is 0.625. The first-order valence-corrected chi connectivity index (χ1v) is 4.13. The van der Waals surface area contributed by atoms with Gasteiger partial charge in [0.05, 0.1) is 11.0 Å². The van der Waals surface area contributed by atoms with E-state index in [1.54, 1.807) is 13.8 Å². The summed E-state index contributed by atoms with van der Waals surface area (Å²) in [7, 11) is 0. The van der Waals surface area contributed by atoms with Crippen molar-refractivity contribution >= 4 is 5.78 Å². The molecule has 2 nitrogen and oxygen atoms in total. The van der Waals surface area contributed by atoms with Crippen molar-refractivity contribution in [3.05, 3.63) is 0 Å². The Morgan fingerprint density at radius 2 is 1.91 bits per heavy atom. The minimum absolute atomic E-state index is 0.111. The molecule has 64 valence electrons. The van der Waals surface area contributed by atoms with Crippen molar-refractivity contribution in [1.29, 1.82) is 0 Å². The maximum absolute atomic E-state index is 11.2. The van der Waals surface area contributed by atoms with Gasteiger partial charge < -0.3 is 5.11 Å².